The third-order valence-corrected chi connectivity index (χ3v) is 5.38. The minimum Gasteiger partial charge on any atom is -0.398 e. The van der Waals surface area contributed by atoms with Gasteiger partial charge in [0.15, 0.2) is 0 Å². The third kappa shape index (κ3) is 3.54. The van der Waals surface area contributed by atoms with E-state index in [2.05, 4.69) is 35.2 Å². The number of nitrogens with two attached hydrogens (primary N) is 1. The third-order valence-electron chi connectivity index (χ3n) is 5.38. The first-order chi connectivity index (χ1) is 12.2. The van der Waals surface area contributed by atoms with Crippen LogP contribution in [0, 0.1) is 11.8 Å². The molecule has 2 aliphatic heterocycles. The van der Waals surface area contributed by atoms with E-state index in [0.717, 1.165) is 32.7 Å². The van der Waals surface area contributed by atoms with Crippen molar-refractivity contribution in [1.29, 1.82) is 0 Å². The largest absolute Gasteiger partial charge is 0.398 e. The number of fused-ring (bicyclic) bond motifs is 2. The fourth-order valence-corrected chi connectivity index (χ4v) is 4.39. The molecule has 4 heteroatoms. The molecule has 130 valence electrons. The van der Waals surface area contributed by atoms with Gasteiger partial charge in [-0.05, 0) is 36.0 Å². The van der Waals surface area contributed by atoms with Gasteiger partial charge in [-0.25, -0.2) is 0 Å². The first-order valence-electron chi connectivity index (χ1n) is 9.09. The normalized spacial score (nSPS) is 23.4. The summed E-state index contributed by atoms with van der Waals surface area (Å²) in [6, 6.07) is 18.1. The summed E-state index contributed by atoms with van der Waals surface area (Å²) in [5.41, 5.74) is 8.58. The van der Waals surface area contributed by atoms with E-state index >= 15 is 0 Å². The number of likely N-dealkylation sites (tertiary alicyclic amines) is 2. The molecule has 1 amide bonds. The average Bonchev–Trinajstić information content (AvgIpc) is 2.61. The molecule has 2 saturated heterocycles. The lowest BCUT2D eigenvalue weighted by Gasteiger charge is -2.46. The van der Waals surface area contributed by atoms with Crippen molar-refractivity contribution in [1.82, 2.24) is 9.80 Å². The second-order valence-electron chi connectivity index (χ2n) is 7.44. The summed E-state index contributed by atoms with van der Waals surface area (Å²) in [5, 5.41) is 0. The van der Waals surface area contributed by atoms with Crippen LogP contribution in [0.5, 0.6) is 0 Å². The monoisotopic (exact) mass is 335 g/mol. The van der Waals surface area contributed by atoms with E-state index in [1.807, 2.05) is 23.1 Å². The first kappa shape index (κ1) is 16.2. The molecule has 2 aliphatic rings. The maximum absolute atomic E-state index is 12.9. The molecule has 2 atom stereocenters. The van der Waals surface area contributed by atoms with Crippen molar-refractivity contribution in [2.75, 3.05) is 31.9 Å². The summed E-state index contributed by atoms with van der Waals surface area (Å²) in [6.07, 6.45) is 1.24. The zero-order valence-corrected chi connectivity index (χ0v) is 14.5. The minimum absolute atomic E-state index is 0.0873. The van der Waals surface area contributed by atoms with E-state index < -0.39 is 0 Å². The van der Waals surface area contributed by atoms with Gasteiger partial charge in [0.25, 0.3) is 5.91 Å². The Kier molecular flexibility index (Phi) is 4.45. The molecule has 0 radical (unpaired) electrons. The van der Waals surface area contributed by atoms with E-state index in [-0.39, 0.29) is 5.91 Å². The Morgan fingerprint density at radius 1 is 0.920 bits per heavy atom. The number of amides is 1. The van der Waals surface area contributed by atoms with Crippen LogP contribution in [0.3, 0.4) is 0 Å². The molecule has 2 aromatic rings. The number of para-hydroxylation sites is 1. The summed E-state index contributed by atoms with van der Waals surface area (Å²) < 4.78 is 0. The zero-order valence-electron chi connectivity index (χ0n) is 14.5. The maximum Gasteiger partial charge on any atom is 0.255 e. The molecule has 2 bridgehead atoms. The number of carbonyl (C=O) groups is 1. The van der Waals surface area contributed by atoms with Gasteiger partial charge in [-0.2, -0.15) is 0 Å². The number of piperidine rings is 2. The number of hydrogen-bond acceptors (Lipinski definition) is 3. The van der Waals surface area contributed by atoms with Crippen LogP contribution < -0.4 is 5.73 Å². The van der Waals surface area contributed by atoms with Crippen molar-refractivity contribution >= 4 is 11.6 Å². The fraction of sp³-hybridized carbons (Fsp3) is 0.381. The van der Waals surface area contributed by atoms with E-state index in [1.165, 1.54) is 12.0 Å². The predicted octanol–water partition coefficient (Wildman–Crippen LogP) is 2.86. The predicted molar refractivity (Wildman–Crippen MR) is 100 cm³/mol. The summed E-state index contributed by atoms with van der Waals surface area (Å²) >= 11 is 0. The van der Waals surface area contributed by atoms with Gasteiger partial charge < -0.3 is 10.6 Å². The van der Waals surface area contributed by atoms with Crippen molar-refractivity contribution in [2.45, 2.75) is 13.0 Å². The molecule has 4 nitrogen and oxygen atoms in total. The van der Waals surface area contributed by atoms with Crippen LogP contribution in [0.1, 0.15) is 22.3 Å². The molecule has 0 aliphatic carbocycles. The first-order valence-corrected chi connectivity index (χ1v) is 9.09. The minimum atomic E-state index is 0.0873. The standard InChI is InChI=1S/C21H25N3O/c22-20-9-5-4-8-19(20)21(25)24-14-17-10-18(15-24)13-23(12-17)11-16-6-2-1-3-7-16/h1-9,17-18H,10-15,22H2. The highest BCUT2D eigenvalue weighted by Gasteiger charge is 2.36. The Bertz CT molecular complexity index is 732. The number of nitrogen functional groups attached to an aromatic ring is 1. The SMILES string of the molecule is Nc1ccccc1C(=O)N1CC2CC(CN(Cc3ccccc3)C2)C1. The fourth-order valence-electron chi connectivity index (χ4n) is 4.39. The van der Waals surface area contributed by atoms with Crippen molar-refractivity contribution in [2.24, 2.45) is 11.8 Å². The number of rotatable bonds is 3. The number of benzene rings is 2. The van der Waals surface area contributed by atoms with Crippen molar-refractivity contribution in [3.63, 3.8) is 0 Å². The molecule has 4 rings (SSSR count). The summed E-state index contributed by atoms with van der Waals surface area (Å²) in [7, 11) is 0. The second kappa shape index (κ2) is 6.89. The van der Waals surface area contributed by atoms with E-state index in [9.17, 15) is 4.79 Å². The van der Waals surface area contributed by atoms with Gasteiger partial charge in [0, 0.05) is 38.4 Å². The van der Waals surface area contributed by atoms with Gasteiger partial charge in [-0.15, -0.1) is 0 Å². The lowest BCUT2D eigenvalue weighted by Crippen LogP contribution is -2.53. The molecule has 2 fully saturated rings. The number of anilines is 1. The number of nitrogens with zero attached hydrogens (tertiary/aromatic N) is 2. The van der Waals surface area contributed by atoms with Gasteiger partial charge in [-0.1, -0.05) is 42.5 Å². The van der Waals surface area contributed by atoms with Gasteiger partial charge in [0.05, 0.1) is 5.56 Å². The Morgan fingerprint density at radius 2 is 1.56 bits per heavy atom. The van der Waals surface area contributed by atoms with E-state index in [0.29, 0.717) is 23.1 Å². The van der Waals surface area contributed by atoms with Crippen LogP contribution in [0.25, 0.3) is 0 Å². The molecule has 0 saturated carbocycles. The molecule has 2 N–H and O–H groups in total. The van der Waals surface area contributed by atoms with E-state index in [1.54, 1.807) is 6.07 Å². The lowest BCUT2D eigenvalue weighted by atomic mass is 9.84. The van der Waals surface area contributed by atoms with Crippen LogP contribution in [0.2, 0.25) is 0 Å². The van der Waals surface area contributed by atoms with Crippen molar-refractivity contribution in [3.05, 3.63) is 65.7 Å². The molecular weight excluding hydrogens is 310 g/mol. The highest BCUT2D eigenvalue weighted by atomic mass is 16.2. The topological polar surface area (TPSA) is 49.6 Å². The highest BCUT2D eigenvalue weighted by Crippen LogP contribution is 2.30. The molecular formula is C21H25N3O. The van der Waals surface area contributed by atoms with Crippen LogP contribution in [0.15, 0.2) is 54.6 Å². The van der Waals surface area contributed by atoms with E-state index in [4.69, 9.17) is 5.73 Å². The quantitative estimate of drug-likeness (QED) is 0.878. The van der Waals surface area contributed by atoms with Crippen LogP contribution in [-0.4, -0.2) is 41.9 Å². The van der Waals surface area contributed by atoms with Gasteiger partial charge >= 0.3 is 0 Å². The Labute approximate surface area is 149 Å². The molecule has 2 heterocycles. The van der Waals surface area contributed by atoms with Crippen molar-refractivity contribution < 1.29 is 4.79 Å². The Balaban J connectivity index is 1.42. The van der Waals surface area contributed by atoms with Crippen LogP contribution >= 0.6 is 0 Å². The Hall–Kier alpha value is -2.33. The molecule has 0 aromatic heterocycles. The lowest BCUT2D eigenvalue weighted by molar-refractivity contribution is 0.0239. The Morgan fingerprint density at radius 3 is 2.24 bits per heavy atom. The zero-order chi connectivity index (χ0) is 17.2. The number of carbonyl (C=O) groups excluding carboxylic acids is 1. The summed E-state index contributed by atoms with van der Waals surface area (Å²) in [5.74, 6) is 1.21. The highest BCUT2D eigenvalue weighted by molar-refractivity contribution is 5.99. The number of hydrogen-bond donors (Lipinski definition) is 1. The van der Waals surface area contributed by atoms with Crippen molar-refractivity contribution in [3.8, 4) is 0 Å². The van der Waals surface area contributed by atoms with Gasteiger partial charge in [-0.3, -0.25) is 9.69 Å². The van der Waals surface area contributed by atoms with Gasteiger partial charge in [0.1, 0.15) is 0 Å². The smallest absolute Gasteiger partial charge is 0.255 e. The maximum atomic E-state index is 12.9. The second-order valence-corrected chi connectivity index (χ2v) is 7.44. The molecule has 2 unspecified atom stereocenters. The van der Waals surface area contributed by atoms with Crippen LogP contribution in [0.4, 0.5) is 5.69 Å². The average molecular weight is 335 g/mol. The van der Waals surface area contributed by atoms with Gasteiger partial charge in [0.2, 0.25) is 0 Å². The molecule has 2 aromatic carbocycles. The summed E-state index contributed by atoms with van der Waals surface area (Å²) in [6.45, 7) is 4.83. The molecule has 25 heavy (non-hydrogen) atoms. The summed E-state index contributed by atoms with van der Waals surface area (Å²) in [4.78, 5) is 17.4. The molecule has 0 spiro atoms. The van der Waals surface area contributed by atoms with Crippen LogP contribution in [-0.2, 0) is 6.54 Å².